The zero-order valence-electron chi connectivity index (χ0n) is 7.47. The second-order valence-corrected chi connectivity index (χ2v) is 3.59. The molecule has 0 amide bonds. The summed E-state index contributed by atoms with van der Waals surface area (Å²) in [6.07, 6.45) is 1.09. The van der Waals surface area contributed by atoms with Crippen molar-refractivity contribution in [2.24, 2.45) is 0 Å². The Kier molecular flexibility index (Phi) is 3.78. The number of rotatable bonds is 3. The second-order valence-electron chi connectivity index (χ2n) is 2.73. The molecule has 2 nitrogen and oxygen atoms in total. The Hall–Kier alpha value is -1.01. The molecular formula is C10H11BrN2. The number of nitriles is 1. The van der Waals surface area contributed by atoms with Crippen LogP contribution >= 0.6 is 15.9 Å². The van der Waals surface area contributed by atoms with E-state index in [0.29, 0.717) is 5.56 Å². The van der Waals surface area contributed by atoms with Crippen LogP contribution in [0.4, 0.5) is 5.69 Å². The Morgan fingerprint density at radius 1 is 1.54 bits per heavy atom. The Bertz CT molecular complexity index is 328. The third kappa shape index (κ3) is 2.74. The highest BCUT2D eigenvalue weighted by molar-refractivity contribution is 9.10. The van der Waals surface area contributed by atoms with E-state index in [1.165, 1.54) is 0 Å². The van der Waals surface area contributed by atoms with Gasteiger partial charge in [0.1, 0.15) is 0 Å². The Morgan fingerprint density at radius 2 is 2.31 bits per heavy atom. The molecule has 0 unspecified atom stereocenters. The summed E-state index contributed by atoms with van der Waals surface area (Å²) >= 11 is 3.40. The van der Waals surface area contributed by atoms with E-state index in [1.54, 1.807) is 0 Å². The lowest BCUT2D eigenvalue weighted by molar-refractivity contribution is 0.978. The molecule has 0 spiro atoms. The molecule has 1 N–H and O–H groups in total. The normalized spacial score (nSPS) is 9.31. The van der Waals surface area contributed by atoms with Crippen LogP contribution in [-0.2, 0) is 0 Å². The molecule has 0 saturated heterocycles. The van der Waals surface area contributed by atoms with Gasteiger partial charge in [0.15, 0.2) is 0 Å². The summed E-state index contributed by atoms with van der Waals surface area (Å²) in [5, 5.41) is 11.9. The zero-order chi connectivity index (χ0) is 9.68. The minimum absolute atomic E-state index is 0.675. The van der Waals surface area contributed by atoms with Crippen LogP contribution in [0.5, 0.6) is 0 Å². The number of anilines is 1. The first-order chi connectivity index (χ1) is 6.27. The molecule has 1 rings (SSSR count). The highest BCUT2D eigenvalue weighted by Crippen LogP contribution is 2.23. The van der Waals surface area contributed by atoms with Crippen LogP contribution < -0.4 is 5.32 Å². The quantitative estimate of drug-likeness (QED) is 0.879. The number of halogens is 1. The number of benzene rings is 1. The van der Waals surface area contributed by atoms with E-state index in [1.807, 2.05) is 18.2 Å². The summed E-state index contributed by atoms with van der Waals surface area (Å²) in [5.41, 5.74) is 1.72. The summed E-state index contributed by atoms with van der Waals surface area (Å²) in [6.45, 7) is 3.06. The smallest absolute Gasteiger partial charge is 0.0992 e. The van der Waals surface area contributed by atoms with Gasteiger partial charge in [-0.05, 0) is 40.5 Å². The van der Waals surface area contributed by atoms with Crippen molar-refractivity contribution in [1.82, 2.24) is 0 Å². The van der Waals surface area contributed by atoms with E-state index in [4.69, 9.17) is 5.26 Å². The van der Waals surface area contributed by atoms with E-state index in [-0.39, 0.29) is 0 Å². The van der Waals surface area contributed by atoms with Crippen molar-refractivity contribution < 1.29 is 0 Å². The molecule has 0 saturated carbocycles. The van der Waals surface area contributed by atoms with Gasteiger partial charge in [0.05, 0.1) is 11.6 Å². The van der Waals surface area contributed by atoms with Crippen LogP contribution in [0, 0.1) is 11.3 Å². The summed E-state index contributed by atoms with van der Waals surface area (Å²) < 4.78 is 0.944. The van der Waals surface area contributed by atoms with Crippen molar-refractivity contribution in [1.29, 1.82) is 5.26 Å². The van der Waals surface area contributed by atoms with Gasteiger partial charge in [-0.25, -0.2) is 0 Å². The molecular weight excluding hydrogens is 228 g/mol. The van der Waals surface area contributed by atoms with Crippen LogP contribution in [-0.4, -0.2) is 6.54 Å². The highest BCUT2D eigenvalue weighted by atomic mass is 79.9. The van der Waals surface area contributed by atoms with Gasteiger partial charge < -0.3 is 5.32 Å². The topological polar surface area (TPSA) is 35.8 Å². The van der Waals surface area contributed by atoms with Gasteiger partial charge in [0.2, 0.25) is 0 Å². The molecule has 0 radical (unpaired) electrons. The lowest BCUT2D eigenvalue weighted by Crippen LogP contribution is -2.00. The number of hydrogen-bond donors (Lipinski definition) is 1. The predicted molar refractivity (Wildman–Crippen MR) is 57.6 cm³/mol. The predicted octanol–water partition coefficient (Wildman–Crippen LogP) is 3.14. The maximum atomic E-state index is 8.64. The largest absolute Gasteiger partial charge is 0.384 e. The van der Waals surface area contributed by atoms with Crippen LogP contribution in [0.3, 0.4) is 0 Å². The fraction of sp³-hybridized carbons (Fsp3) is 0.300. The lowest BCUT2D eigenvalue weighted by atomic mass is 10.2. The first kappa shape index (κ1) is 10.1. The third-order valence-corrected chi connectivity index (χ3v) is 2.32. The van der Waals surface area contributed by atoms with Crippen molar-refractivity contribution in [3.63, 3.8) is 0 Å². The molecule has 68 valence electrons. The molecule has 3 heteroatoms. The molecule has 0 aliphatic carbocycles. The van der Waals surface area contributed by atoms with Crippen molar-refractivity contribution >= 4 is 21.6 Å². The van der Waals surface area contributed by atoms with E-state index in [9.17, 15) is 0 Å². The molecule has 0 fully saturated rings. The van der Waals surface area contributed by atoms with Gasteiger partial charge in [-0.15, -0.1) is 0 Å². The van der Waals surface area contributed by atoms with Crippen molar-refractivity contribution in [3.05, 3.63) is 28.2 Å². The SMILES string of the molecule is CCCNc1ccc(C#N)cc1Br. The highest BCUT2D eigenvalue weighted by Gasteiger charge is 1.99. The average Bonchev–Trinajstić information content (AvgIpc) is 2.16. The lowest BCUT2D eigenvalue weighted by Gasteiger charge is -2.06. The van der Waals surface area contributed by atoms with Crippen LogP contribution in [0.1, 0.15) is 18.9 Å². The summed E-state index contributed by atoms with van der Waals surface area (Å²) in [4.78, 5) is 0. The van der Waals surface area contributed by atoms with Gasteiger partial charge in [0.25, 0.3) is 0 Å². The van der Waals surface area contributed by atoms with E-state index < -0.39 is 0 Å². The molecule has 0 bridgehead atoms. The summed E-state index contributed by atoms with van der Waals surface area (Å²) in [7, 11) is 0. The molecule has 0 aliphatic rings. The van der Waals surface area contributed by atoms with Crippen molar-refractivity contribution in [2.75, 3.05) is 11.9 Å². The standard InChI is InChI=1S/C10H11BrN2/c1-2-5-13-10-4-3-8(7-12)6-9(10)11/h3-4,6,13H,2,5H2,1H3. The minimum atomic E-state index is 0.675. The van der Waals surface area contributed by atoms with E-state index in [2.05, 4.69) is 34.2 Å². The van der Waals surface area contributed by atoms with E-state index >= 15 is 0 Å². The Morgan fingerprint density at radius 3 is 2.85 bits per heavy atom. The molecule has 13 heavy (non-hydrogen) atoms. The summed E-state index contributed by atoms with van der Waals surface area (Å²) in [5.74, 6) is 0. The molecule has 1 aromatic carbocycles. The maximum Gasteiger partial charge on any atom is 0.0992 e. The maximum absolute atomic E-state index is 8.64. The van der Waals surface area contributed by atoms with Gasteiger partial charge in [0, 0.05) is 16.7 Å². The number of nitrogens with zero attached hydrogens (tertiary/aromatic N) is 1. The van der Waals surface area contributed by atoms with Crippen LogP contribution in [0.25, 0.3) is 0 Å². The molecule has 0 heterocycles. The summed E-state index contributed by atoms with van der Waals surface area (Å²) in [6, 6.07) is 7.63. The Balaban J connectivity index is 2.81. The third-order valence-electron chi connectivity index (χ3n) is 1.66. The van der Waals surface area contributed by atoms with Crippen LogP contribution in [0.15, 0.2) is 22.7 Å². The first-order valence-electron chi connectivity index (χ1n) is 4.21. The number of hydrogen-bond acceptors (Lipinski definition) is 2. The molecule has 0 aromatic heterocycles. The fourth-order valence-corrected chi connectivity index (χ4v) is 1.51. The van der Waals surface area contributed by atoms with Gasteiger partial charge in [-0.2, -0.15) is 5.26 Å². The van der Waals surface area contributed by atoms with Gasteiger partial charge in [-0.1, -0.05) is 6.92 Å². The minimum Gasteiger partial charge on any atom is -0.384 e. The molecule has 0 atom stereocenters. The molecule has 1 aromatic rings. The first-order valence-corrected chi connectivity index (χ1v) is 5.00. The fourth-order valence-electron chi connectivity index (χ4n) is 0.988. The Labute approximate surface area is 86.7 Å². The second kappa shape index (κ2) is 4.88. The number of nitrogens with one attached hydrogen (secondary N) is 1. The van der Waals surface area contributed by atoms with E-state index in [0.717, 1.165) is 23.1 Å². The molecule has 0 aliphatic heterocycles. The van der Waals surface area contributed by atoms with Crippen molar-refractivity contribution in [2.45, 2.75) is 13.3 Å². The zero-order valence-corrected chi connectivity index (χ0v) is 9.06. The van der Waals surface area contributed by atoms with Crippen LogP contribution in [0.2, 0.25) is 0 Å². The van der Waals surface area contributed by atoms with Gasteiger partial charge in [-0.3, -0.25) is 0 Å². The van der Waals surface area contributed by atoms with Gasteiger partial charge >= 0.3 is 0 Å². The average molecular weight is 239 g/mol. The monoisotopic (exact) mass is 238 g/mol. The van der Waals surface area contributed by atoms with Crippen molar-refractivity contribution in [3.8, 4) is 6.07 Å².